The number of para-hydroxylation sites is 1. The summed E-state index contributed by atoms with van der Waals surface area (Å²) in [5.41, 5.74) is 6.54. The topological polar surface area (TPSA) is 71.4 Å². The second-order valence-electron chi connectivity index (χ2n) is 11.8. The molecule has 8 heteroatoms. The number of benzene rings is 3. The summed E-state index contributed by atoms with van der Waals surface area (Å²) in [7, 11) is 3.43. The third-order valence-corrected chi connectivity index (χ3v) is 9.29. The highest BCUT2D eigenvalue weighted by Gasteiger charge is 2.29. The Balaban J connectivity index is 0.948. The summed E-state index contributed by atoms with van der Waals surface area (Å²) in [4.78, 5) is 13.5. The zero-order valence-electron chi connectivity index (χ0n) is 25.1. The molecule has 1 saturated heterocycles. The minimum Gasteiger partial charge on any atom is -0.497 e. The van der Waals surface area contributed by atoms with E-state index in [1.54, 1.807) is 14.2 Å². The van der Waals surface area contributed by atoms with Gasteiger partial charge >= 0.3 is 0 Å². The van der Waals surface area contributed by atoms with Gasteiger partial charge in [0.1, 0.15) is 17.3 Å². The lowest BCUT2D eigenvalue weighted by molar-refractivity contribution is 0.128. The van der Waals surface area contributed by atoms with Crippen LogP contribution in [0, 0.1) is 0 Å². The highest BCUT2D eigenvalue weighted by molar-refractivity contribution is 5.81. The lowest BCUT2D eigenvalue weighted by atomic mass is 9.90. The molecule has 2 fully saturated rings. The van der Waals surface area contributed by atoms with Gasteiger partial charge in [-0.15, -0.1) is 0 Å². The van der Waals surface area contributed by atoms with Crippen LogP contribution in [0.4, 0.5) is 5.69 Å². The number of imidazole rings is 1. The number of ether oxygens (including phenoxy) is 2. The number of methoxy groups -OCH3 is 2. The third kappa shape index (κ3) is 5.84. The Kier molecular flexibility index (Phi) is 7.77. The van der Waals surface area contributed by atoms with Crippen LogP contribution in [0.1, 0.15) is 43.1 Å². The summed E-state index contributed by atoms with van der Waals surface area (Å²) in [5.74, 6) is 2.73. The molecule has 7 rings (SSSR count). The van der Waals surface area contributed by atoms with Crippen LogP contribution < -0.4 is 14.4 Å². The predicted octanol–water partition coefficient (Wildman–Crippen LogP) is 6.34. The molecule has 0 atom stereocenters. The number of aromatic amines is 1. The fourth-order valence-electron chi connectivity index (χ4n) is 6.86. The van der Waals surface area contributed by atoms with Crippen LogP contribution in [0.3, 0.4) is 0 Å². The standard InChI is InChI=1S/C35H40N6O2/c1-42-30-14-12-28(13-15-30)40-21-19-39(20-22-40)27-8-10-29(11-9-27)41-18-17-31(38-41)25-7-16-32-33(23-25)37-35(36-32)24-26-5-3-4-6-34(26)43-2/h3-7,12-18,23,27,29H,8-11,19-22,24H2,1-2H3,(H,36,37). The Morgan fingerprint density at radius 3 is 2.35 bits per heavy atom. The van der Waals surface area contributed by atoms with Crippen LogP contribution in [0.2, 0.25) is 0 Å². The number of H-pyrrole nitrogens is 1. The normalized spacial score (nSPS) is 19.5. The van der Waals surface area contributed by atoms with Crippen LogP contribution in [-0.4, -0.2) is 71.1 Å². The molecule has 1 aliphatic heterocycles. The summed E-state index contributed by atoms with van der Waals surface area (Å²) in [6.07, 6.45) is 7.68. The number of piperazine rings is 1. The van der Waals surface area contributed by atoms with Crippen LogP contribution >= 0.6 is 0 Å². The molecule has 1 N–H and O–H groups in total. The minimum atomic E-state index is 0.467. The third-order valence-electron chi connectivity index (χ3n) is 9.29. The van der Waals surface area contributed by atoms with E-state index in [0.29, 0.717) is 18.5 Å². The van der Waals surface area contributed by atoms with Crippen LogP contribution in [0.25, 0.3) is 22.3 Å². The van der Waals surface area contributed by atoms with Gasteiger partial charge in [-0.3, -0.25) is 9.58 Å². The first-order chi connectivity index (χ1) is 21.2. The van der Waals surface area contributed by atoms with Gasteiger partial charge in [0.05, 0.1) is 37.0 Å². The molecule has 3 heterocycles. The van der Waals surface area contributed by atoms with Crippen LogP contribution in [0.15, 0.2) is 79.0 Å². The van der Waals surface area contributed by atoms with Crippen molar-refractivity contribution in [2.24, 2.45) is 0 Å². The first-order valence-electron chi connectivity index (χ1n) is 15.5. The molecule has 222 valence electrons. The van der Waals surface area contributed by atoms with Crippen molar-refractivity contribution in [1.29, 1.82) is 0 Å². The molecule has 43 heavy (non-hydrogen) atoms. The van der Waals surface area contributed by atoms with Crippen molar-refractivity contribution in [1.82, 2.24) is 24.6 Å². The molecule has 0 spiro atoms. The Hall–Kier alpha value is -4.30. The van der Waals surface area contributed by atoms with Crippen molar-refractivity contribution in [3.05, 3.63) is 90.4 Å². The fourth-order valence-corrected chi connectivity index (χ4v) is 6.86. The number of fused-ring (bicyclic) bond motifs is 1. The van der Waals surface area contributed by atoms with E-state index in [2.05, 4.69) is 80.3 Å². The van der Waals surface area contributed by atoms with Gasteiger partial charge in [0.25, 0.3) is 0 Å². The molecule has 0 amide bonds. The van der Waals surface area contributed by atoms with Crippen LogP contribution in [-0.2, 0) is 6.42 Å². The molecule has 0 unspecified atom stereocenters. The summed E-state index contributed by atoms with van der Waals surface area (Å²) in [6.45, 7) is 4.42. The smallest absolute Gasteiger partial charge is 0.122 e. The van der Waals surface area contributed by atoms with E-state index < -0.39 is 0 Å². The molecular weight excluding hydrogens is 536 g/mol. The van der Waals surface area contributed by atoms with Gasteiger partial charge in [-0.25, -0.2) is 4.98 Å². The molecule has 1 aliphatic carbocycles. The molecule has 0 radical (unpaired) electrons. The molecule has 2 aromatic heterocycles. The fraction of sp³-hybridized carbons (Fsp3) is 0.371. The Morgan fingerprint density at radius 2 is 1.58 bits per heavy atom. The van der Waals surface area contributed by atoms with Gasteiger partial charge in [-0.2, -0.15) is 5.10 Å². The van der Waals surface area contributed by atoms with Gasteiger partial charge in [0, 0.05) is 61.7 Å². The van der Waals surface area contributed by atoms with Crippen molar-refractivity contribution >= 4 is 16.7 Å². The van der Waals surface area contributed by atoms with E-state index >= 15 is 0 Å². The summed E-state index contributed by atoms with van der Waals surface area (Å²) < 4.78 is 13.0. The number of anilines is 1. The zero-order chi connectivity index (χ0) is 29.2. The number of hydrogen-bond donors (Lipinski definition) is 1. The first kappa shape index (κ1) is 27.5. The van der Waals surface area contributed by atoms with E-state index in [1.165, 1.54) is 31.4 Å². The van der Waals surface area contributed by atoms with E-state index in [-0.39, 0.29) is 0 Å². The van der Waals surface area contributed by atoms with Crippen molar-refractivity contribution in [3.8, 4) is 22.8 Å². The number of aromatic nitrogens is 4. The Labute approximate surface area is 253 Å². The highest BCUT2D eigenvalue weighted by Crippen LogP contribution is 2.33. The van der Waals surface area contributed by atoms with Crippen molar-refractivity contribution in [2.45, 2.75) is 44.2 Å². The summed E-state index contributed by atoms with van der Waals surface area (Å²) in [6, 6.07) is 26.2. The van der Waals surface area contributed by atoms with Gasteiger partial charge in [0.15, 0.2) is 0 Å². The largest absolute Gasteiger partial charge is 0.497 e. The molecule has 5 aromatic rings. The average Bonchev–Trinajstić information content (AvgIpc) is 3.72. The molecule has 3 aromatic carbocycles. The second kappa shape index (κ2) is 12.1. The van der Waals surface area contributed by atoms with E-state index in [4.69, 9.17) is 19.6 Å². The average molecular weight is 577 g/mol. The number of rotatable bonds is 8. The van der Waals surface area contributed by atoms with Crippen molar-refractivity contribution < 1.29 is 9.47 Å². The van der Waals surface area contributed by atoms with Gasteiger partial charge in [0.2, 0.25) is 0 Å². The van der Waals surface area contributed by atoms with Gasteiger partial charge in [-0.05, 0) is 74.2 Å². The first-order valence-corrected chi connectivity index (χ1v) is 15.5. The summed E-state index contributed by atoms with van der Waals surface area (Å²) >= 11 is 0. The minimum absolute atomic E-state index is 0.467. The SMILES string of the molecule is COc1ccc(N2CCN(C3CCC(n4ccc(-c5ccc6nc(Cc7ccccc7OC)[nH]c6c5)n4)CC3)CC2)cc1. The maximum Gasteiger partial charge on any atom is 0.122 e. The number of nitrogens with one attached hydrogen (secondary N) is 1. The maximum absolute atomic E-state index is 5.52. The quantitative estimate of drug-likeness (QED) is 0.232. The molecule has 0 bridgehead atoms. The maximum atomic E-state index is 5.52. The molecule has 1 saturated carbocycles. The Morgan fingerprint density at radius 1 is 0.814 bits per heavy atom. The number of nitrogens with zero attached hydrogens (tertiary/aromatic N) is 5. The molecule has 8 nitrogen and oxygen atoms in total. The van der Waals surface area contributed by atoms with Crippen molar-refractivity contribution in [2.75, 3.05) is 45.3 Å². The Bertz CT molecular complexity index is 1660. The predicted molar refractivity (Wildman–Crippen MR) is 171 cm³/mol. The monoisotopic (exact) mass is 576 g/mol. The summed E-state index contributed by atoms with van der Waals surface area (Å²) in [5, 5.41) is 5.04. The van der Waals surface area contributed by atoms with E-state index in [9.17, 15) is 0 Å². The van der Waals surface area contributed by atoms with E-state index in [1.807, 2.05) is 18.2 Å². The van der Waals surface area contributed by atoms with E-state index in [0.717, 1.165) is 71.4 Å². The zero-order valence-corrected chi connectivity index (χ0v) is 25.1. The van der Waals surface area contributed by atoms with Crippen molar-refractivity contribution in [3.63, 3.8) is 0 Å². The number of hydrogen-bond acceptors (Lipinski definition) is 6. The molecule has 2 aliphatic rings. The van der Waals surface area contributed by atoms with Gasteiger partial charge < -0.3 is 19.4 Å². The lowest BCUT2D eigenvalue weighted by Crippen LogP contribution is -2.51. The molecular formula is C35H40N6O2. The van der Waals surface area contributed by atoms with Crippen LogP contribution in [0.5, 0.6) is 11.5 Å². The van der Waals surface area contributed by atoms with Gasteiger partial charge in [-0.1, -0.05) is 24.3 Å². The second-order valence-corrected chi connectivity index (χ2v) is 11.8. The highest BCUT2D eigenvalue weighted by atomic mass is 16.5. The lowest BCUT2D eigenvalue weighted by Gasteiger charge is -2.42.